The third-order valence-electron chi connectivity index (χ3n) is 4.32. The Hall–Kier alpha value is -3.14. The van der Waals surface area contributed by atoms with E-state index in [-0.39, 0.29) is 16.7 Å². The van der Waals surface area contributed by atoms with Crippen molar-refractivity contribution in [1.29, 1.82) is 0 Å². The molecule has 0 amide bonds. The van der Waals surface area contributed by atoms with Crippen molar-refractivity contribution in [3.8, 4) is 11.5 Å². The van der Waals surface area contributed by atoms with Gasteiger partial charge in [0.2, 0.25) is 0 Å². The molecular weight excluding hydrogens is 389 g/mol. The van der Waals surface area contributed by atoms with Gasteiger partial charge in [-0.15, -0.1) is 0 Å². The third-order valence-corrected chi connectivity index (χ3v) is 4.32. The maximum Gasteiger partial charge on any atom is 0.418 e. The van der Waals surface area contributed by atoms with Gasteiger partial charge in [0.05, 0.1) is 23.2 Å². The maximum absolute atomic E-state index is 13.4. The molecule has 0 fully saturated rings. The molecule has 4 rings (SSSR count). The molecule has 0 spiro atoms. The Kier molecular flexibility index (Phi) is 5.10. The number of H-pyrrole nitrogens is 1. The van der Waals surface area contributed by atoms with Crippen molar-refractivity contribution < 1.29 is 27.4 Å². The van der Waals surface area contributed by atoms with E-state index in [1.54, 1.807) is 12.1 Å². The molecular formula is C19H18F3N4O3. The third kappa shape index (κ3) is 3.88. The number of hydrogen-bond donors (Lipinski definition) is 3. The van der Waals surface area contributed by atoms with Crippen LogP contribution in [0.4, 0.5) is 30.4 Å². The molecule has 153 valence electrons. The molecule has 0 saturated carbocycles. The van der Waals surface area contributed by atoms with Gasteiger partial charge in [0.25, 0.3) is 0 Å². The molecule has 10 heteroatoms. The average Bonchev–Trinajstić information content (AvgIpc) is 3.13. The van der Waals surface area contributed by atoms with Crippen molar-refractivity contribution in [2.75, 3.05) is 44.1 Å². The quantitative estimate of drug-likeness (QED) is 0.537. The lowest BCUT2D eigenvalue weighted by Gasteiger charge is -2.21. The standard InChI is InChI=1S/C19H18F3N4O3/c1-27-6-5-23-13-9-15(26-18-16(13)11(10-24-18)19(20,21)22)25-12-3-2-4-14-17(12)29-8-7-28-14/h2-3,9-10H,5-8H2,1H3,(H3,23,24,25,26). The molecule has 0 saturated heterocycles. The summed E-state index contributed by atoms with van der Waals surface area (Å²) in [6.45, 7) is 1.49. The van der Waals surface area contributed by atoms with Gasteiger partial charge in [-0.05, 0) is 12.1 Å². The van der Waals surface area contributed by atoms with E-state index in [9.17, 15) is 13.2 Å². The number of aromatic amines is 1. The first-order chi connectivity index (χ1) is 14.0. The lowest BCUT2D eigenvalue weighted by Crippen LogP contribution is -2.16. The second-order valence-corrected chi connectivity index (χ2v) is 6.27. The normalized spacial score (nSPS) is 13.5. The highest BCUT2D eigenvalue weighted by atomic mass is 19.4. The van der Waals surface area contributed by atoms with Gasteiger partial charge in [0, 0.05) is 37.7 Å². The molecule has 1 aromatic carbocycles. The van der Waals surface area contributed by atoms with Crippen molar-refractivity contribution in [3.05, 3.63) is 36.0 Å². The van der Waals surface area contributed by atoms with E-state index in [4.69, 9.17) is 14.2 Å². The van der Waals surface area contributed by atoms with Crippen LogP contribution in [0.1, 0.15) is 5.56 Å². The van der Waals surface area contributed by atoms with Gasteiger partial charge in [0.15, 0.2) is 11.5 Å². The lowest BCUT2D eigenvalue weighted by atomic mass is 10.1. The zero-order chi connectivity index (χ0) is 20.4. The summed E-state index contributed by atoms with van der Waals surface area (Å²) in [6, 6.07) is 7.87. The van der Waals surface area contributed by atoms with Crippen LogP contribution in [0.3, 0.4) is 0 Å². The molecule has 7 nitrogen and oxygen atoms in total. The zero-order valence-corrected chi connectivity index (χ0v) is 15.4. The number of hydrogen-bond acceptors (Lipinski definition) is 6. The van der Waals surface area contributed by atoms with E-state index in [0.29, 0.717) is 49.4 Å². The SMILES string of the molecule is COCCNc1cc(Nc2cc[c]c3c2OCCO3)nc2[nH]cc(C(F)(F)F)c12. The van der Waals surface area contributed by atoms with Crippen molar-refractivity contribution in [2.45, 2.75) is 6.18 Å². The van der Waals surface area contributed by atoms with E-state index in [0.717, 1.165) is 6.20 Å². The zero-order valence-electron chi connectivity index (χ0n) is 15.4. The summed E-state index contributed by atoms with van der Waals surface area (Å²) in [5, 5.41) is 6.06. The topological polar surface area (TPSA) is 80.4 Å². The van der Waals surface area contributed by atoms with Crippen molar-refractivity contribution >= 4 is 28.2 Å². The minimum Gasteiger partial charge on any atom is -0.485 e. The molecule has 29 heavy (non-hydrogen) atoms. The summed E-state index contributed by atoms with van der Waals surface area (Å²) in [7, 11) is 1.52. The molecule has 0 bridgehead atoms. The lowest BCUT2D eigenvalue weighted by molar-refractivity contribution is -0.136. The van der Waals surface area contributed by atoms with Crippen molar-refractivity contribution in [2.24, 2.45) is 0 Å². The van der Waals surface area contributed by atoms with Crippen LogP contribution in [0.2, 0.25) is 0 Å². The van der Waals surface area contributed by atoms with E-state index < -0.39 is 11.7 Å². The number of nitrogens with one attached hydrogen (secondary N) is 3. The molecule has 3 N–H and O–H groups in total. The first-order valence-corrected chi connectivity index (χ1v) is 8.87. The monoisotopic (exact) mass is 407 g/mol. The molecule has 3 aromatic rings. The molecule has 0 aliphatic carbocycles. The van der Waals surface area contributed by atoms with Crippen LogP contribution in [0, 0.1) is 6.07 Å². The first kappa shape index (κ1) is 19.2. The molecule has 2 aromatic heterocycles. The summed E-state index contributed by atoms with van der Waals surface area (Å²) in [5.74, 6) is 1.30. The van der Waals surface area contributed by atoms with Crippen LogP contribution in [-0.2, 0) is 10.9 Å². The maximum atomic E-state index is 13.4. The number of nitrogens with zero attached hydrogens (tertiary/aromatic N) is 1. The molecule has 1 radical (unpaired) electrons. The molecule has 1 aliphatic heterocycles. The Morgan fingerprint density at radius 2 is 2.10 bits per heavy atom. The van der Waals surface area contributed by atoms with E-state index >= 15 is 0 Å². The fourth-order valence-corrected chi connectivity index (χ4v) is 3.09. The molecule has 1 aliphatic rings. The summed E-state index contributed by atoms with van der Waals surface area (Å²) >= 11 is 0. The van der Waals surface area contributed by atoms with Crippen LogP contribution in [0.25, 0.3) is 11.0 Å². The van der Waals surface area contributed by atoms with E-state index in [1.165, 1.54) is 13.2 Å². The molecule has 3 heterocycles. The van der Waals surface area contributed by atoms with Crippen molar-refractivity contribution in [1.82, 2.24) is 9.97 Å². The number of benzene rings is 1. The number of methoxy groups -OCH3 is 1. The Morgan fingerprint density at radius 3 is 2.90 bits per heavy atom. The first-order valence-electron chi connectivity index (χ1n) is 8.87. The Bertz CT molecular complexity index is 1020. The summed E-state index contributed by atoms with van der Waals surface area (Å²) in [5.41, 5.74) is 0.193. The van der Waals surface area contributed by atoms with Gasteiger partial charge >= 0.3 is 6.18 Å². The number of alkyl halides is 3. The van der Waals surface area contributed by atoms with Crippen LogP contribution < -0.4 is 20.1 Å². The minimum absolute atomic E-state index is 0.0258. The van der Waals surface area contributed by atoms with Gasteiger partial charge in [0.1, 0.15) is 24.7 Å². The number of fused-ring (bicyclic) bond motifs is 2. The fraction of sp³-hybridized carbons (Fsp3) is 0.316. The number of ether oxygens (including phenoxy) is 3. The second kappa shape index (κ2) is 7.70. The van der Waals surface area contributed by atoms with Gasteiger partial charge in [-0.3, -0.25) is 0 Å². The Labute approximate surface area is 164 Å². The van der Waals surface area contributed by atoms with Crippen LogP contribution >= 0.6 is 0 Å². The largest absolute Gasteiger partial charge is 0.485 e. The van der Waals surface area contributed by atoms with Gasteiger partial charge in [-0.25, -0.2) is 4.98 Å². The van der Waals surface area contributed by atoms with Gasteiger partial charge in [-0.1, -0.05) is 0 Å². The molecule has 0 atom stereocenters. The number of rotatable bonds is 6. The fourth-order valence-electron chi connectivity index (χ4n) is 3.09. The van der Waals surface area contributed by atoms with Crippen LogP contribution in [0.15, 0.2) is 24.4 Å². The smallest absolute Gasteiger partial charge is 0.418 e. The van der Waals surface area contributed by atoms with E-state index in [1.807, 2.05) is 0 Å². The predicted octanol–water partition coefficient (Wildman–Crippen LogP) is 3.95. The Balaban J connectivity index is 1.74. The highest BCUT2D eigenvalue weighted by Gasteiger charge is 2.35. The highest BCUT2D eigenvalue weighted by molar-refractivity contribution is 5.95. The van der Waals surface area contributed by atoms with Gasteiger partial charge in [-0.2, -0.15) is 13.2 Å². The number of aromatic nitrogens is 2. The summed E-state index contributed by atoms with van der Waals surface area (Å²) < 4.78 is 56.3. The highest BCUT2D eigenvalue weighted by Crippen LogP contribution is 2.41. The van der Waals surface area contributed by atoms with Crippen LogP contribution in [-0.4, -0.2) is 43.4 Å². The number of pyridine rings is 1. The number of anilines is 3. The van der Waals surface area contributed by atoms with Crippen molar-refractivity contribution in [3.63, 3.8) is 0 Å². The van der Waals surface area contributed by atoms with Crippen LogP contribution in [0.5, 0.6) is 11.5 Å². The predicted molar refractivity (Wildman–Crippen MR) is 101 cm³/mol. The van der Waals surface area contributed by atoms with E-state index in [2.05, 4.69) is 26.7 Å². The minimum atomic E-state index is -4.51. The number of halogens is 3. The average molecular weight is 407 g/mol. The van der Waals surface area contributed by atoms with Gasteiger partial charge < -0.3 is 29.8 Å². The summed E-state index contributed by atoms with van der Waals surface area (Å²) in [4.78, 5) is 6.91. The second-order valence-electron chi connectivity index (χ2n) is 6.27. The summed E-state index contributed by atoms with van der Waals surface area (Å²) in [6.07, 6.45) is -3.59. The molecule has 0 unspecified atom stereocenters. The Morgan fingerprint density at radius 1 is 1.28 bits per heavy atom.